The molecule has 0 unspecified atom stereocenters. The zero-order chi connectivity index (χ0) is 10.4. The summed E-state index contributed by atoms with van der Waals surface area (Å²) in [6.45, 7) is 6.22. The Labute approximate surface area is 90.9 Å². The molecule has 1 aromatic heterocycles. The first-order valence-electron chi connectivity index (χ1n) is 4.93. The summed E-state index contributed by atoms with van der Waals surface area (Å²) in [5.74, 6) is 0.679. The summed E-state index contributed by atoms with van der Waals surface area (Å²) in [5, 5.41) is 0. The van der Waals surface area contributed by atoms with E-state index in [1.807, 2.05) is 12.3 Å². The van der Waals surface area contributed by atoms with Gasteiger partial charge in [-0.3, -0.25) is 9.88 Å². The lowest BCUT2D eigenvalue weighted by molar-refractivity contribution is 0.226. The normalized spacial score (nSPS) is 11.2. The molecule has 14 heavy (non-hydrogen) atoms. The van der Waals surface area contributed by atoms with Crippen LogP contribution in [0.25, 0.3) is 0 Å². The number of alkyl halides is 1. The number of hydrogen-bond acceptors (Lipinski definition) is 2. The number of aromatic nitrogens is 1. The van der Waals surface area contributed by atoms with E-state index in [4.69, 9.17) is 11.6 Å². The first kappa shape index (κ1) is 11.5. The van der Waals surface area contributed by atoms with Crippen molar-refractivity contribution in [2.75, 3.05) is 12.4 Å². The van der Waals surface area contributed by atoms with Gasteiger partial charge in [0.25, 0.3) is 0 Å². The number of nitrogens with zero attached hydrogens (tertiary/aromatic N) is 2. The predicted molar refractivity (Wildman–Crippen MR) is 60.5 cm³/mol. The zero-order valence-electron chi connectivity index (χ0n) is 8.78. The molecule has 0 radical (unpaired) electrons. The molecular formula is C11H17ClN2. The van der Waals surface area contributed by atoms with E-state index < -0.39 is 0 Å². The molecule has 1 aromatic rings. The van der Waals surface area contributed by atoms with Gasteiger partial charge in [0, 0.05) is 37.4 Å². The fourth-order valence-corrected chi connectivity index (χ4v) is 1.57. The van der Waals surface area contributed by atoms with Crippen molar-refractivity contribution in [3.8, 4) is 0 Å². The molecule has 0 atom stereocenters. The van der Waals surface area contributed by atoms with Gasteiger partial charge in [0.2, 0.25) is 0 Å². The summed E-state index contributed by atoms with van der Waals surface area (Å²) in [4.78, 5) is 6.43. The molecule has 78 valence electrons. The van der Waals surface area contributed by atoms with Crippen LogP contribution >= 0.6 is 11.6 Å². The lowest BCUT2D eigenvalue weighted by Gasteiger charge is -2.25. The van der Waals surface area contributed by atoms with Gasteiger partial charge < -0.3 is 0 Å². The highest BCUT2D eigenvalue weighted by Crippen LogP contribution is 2.06. The van der Waals surface area contributed by atoms with Crippen molar-refractivity contribution in [1.29, 1.82) is 0 Å². The van der Waals surface area contributed by atoms with Gasteiger partial charge >= 0.3 is 0 Å². The zero-order valence-corrected chi connectivity index (χ0v) is 9.54. The van der Waals surface area contributed by atoms with Gasteiger partial charge in [0.15, 0.2) is 0 Å². The van der Waals surface area contributed by atoms with Crippen molar-refractivity contribution >= 4 is 11.6 Å². The van der Waals surface area contributed by atoms with Crippen LogP contribution in [0, 0.1) is 0 Å². The number of hydrogen-bond donors (Lipinski definition) is 0. The Balaban J connectivity index is 2.55. The summed E-state index contributed by atoms with van der Waals surface area (Å²) >= 11 is 5.75. The minimum absolute atomic E-state index is 0.522. The van der Waals surface area contributed by atoms with Crippen LogP contribution in [0.15, 0.2) is 24.5 Å². The highest BCUT2D eigenvalue weighted by Gasteiger charge is 2.08. The topological polar surface area (TPSA) is 16.1 Å². The Morgan fingerprint density at radius 1 is 1.50 bits per heavy atom. The first-order valence-corrected chi connectivity index (χ1v) is 5.46. The lowest BCUT2D eigenvalue weighted by atomic mass is 10.2. The van der Waals surface area contributed by atoms with Gasteiger partial charge in [0.1, 0.15) is 0 Å². The van der Waals surface area contributed by atoms with Crippen molar-refractivity contribution < 1.29 is 0 Å². The van der Waals surface area contributed by atoms with Gasteiger partial charge in [-0.25, -0.2) is 0 Å². The fourth-order valence-electron chi connectivity index (χ4n) is 1.35. The van der Waals surface area contributed by atoms with E-state index in [1.54, 1.807) is 6.20 Å². The van der Waals surface area contributed by atoms with Crippen molar-refractivity contribution in [2.45, 2.75) is 26.4 Å². The summed E-state index contributed by atoms with van der Waals surface area (Å²) < 4.78 is 0. The van der Waals surface area contributed by atoms with Crippen LogP contribution in [0.3, 0.4) is 0 Å². The molecule has 0 N–H and O–H groups in total. The maximum Gasteiger partial charge on any atom is 0.0351 e. The maximum absolute atomic E-state index is 5.75. The van der Waals surface area contributed by atoms with Gasteiger partial charge in [-0.05, 0) is 25.5 Å². The molecule has 1 heterocycles. The van der Waals surface area contributed by atoms with E-state index in [1.165, 1.54) is 5.56 Å². The minimum atomic E-state index is 0.522. The average molecular weight is 213 g/mol. The lowest BCUT2D eigenvalue weighted by Crippen LogP contribution is -2.32. The molecule has 0 aliphatic rings. The van der Waals surface area contributed by atoms with Gasteiger partial charge in [0.05, 0.1) is 0 Å². The molecule has 0 aromatic carbocycles. The Morgan fingerprint density at radius 2 is 2.29 bits per heavy atom. The molecule has 2 nitrogen and oxygen atoms in total. The third-order valence-corrected chi connectivity index (χ3v) is 2.38. The van der Waals surface area contributed by atoms with Crippen molar-refractivity contribution in [3.05, 3.63) is 30.1 Å². The number of rotatable bonds is 5. The van der Waals surface area contributed by atoms with Crippen LogP contribution in [0.5, 0.6) is 0 Å². The number of halogens is 1. The molecule has 0 amide bonds. The van der Waals surface area contributed by atoms with Crippen LogP contribution in [0.4, 0.5) is 0 Å². The molecule has 0 saturated heterocycles. The largest absolute Gasteiger partial charge is 0.295 e. The van der Waals surface area contributed by atoms with Gasteiger partial charge in [-0.2, -0.15) is 0 Å². The highest BCUT2D eigenvalue weighted by molar-refractivity contribution is 6.18. The van der Waals surface area contributed by atoms with Crippen molar-refractivity contribution in [3.63, 3.8) is 0 Å². The van der Waals surface area contributed by atoms with Gasteiger partial charge in [-0.15, -0.1) is 11.6 Å². The third-order valence-electron chi connectivity index (χ3n) is 2.21. The predicted octanol–water partition coefficient (Wildman–Crippen LogP) is 2.53. The standard InChI is InChI=1S/C11H17ClN2/c1-10(2)14(7-5-12)9-11-4-3-6-13-8-11/h3-4,6,8,10H,5,7,9H2,1-2H3. The van der Waals surface area contributed by atoms with E-state index in [9.17, 15) is 0 Å². The van der Waals surface area contributed by atoms with Crippen molar-refractivity contribution in [2.24, 2.45) is 0 Å². The summed E-state index contributed by atoms with van der Waals surface area (Å²) in [6.07, 6.45) is 3.70. The van der Waals surface area contributed by atoms with Crippen LogP contribution in [0.2, 0.25) is 0 Å². The molecule has 0 bridgehead atoms. The fraction of sp³-hybridized carbons (Fsp3) is 0.545. The van der Waals surface area contributed by atoms with E-state index in [-0.39, 0.29) is 0 Å². The molecule has 3 heteroatoms. The van der Waals surface area contributed by atoms with Crippen LogP contribution in [-0.4, -0.2) is 28.4 Å². The molecule has 0 saturated carbocycles. The molecule has 0 fully saturated rings. The second-order valence-electron chi connectivity index (χ2n) is 3.61. The van der Waals surface area contributed by atoms with Crippen LogP contribution < -0.4 is 0 Å². The quantitative estimate of drug-likeness (QED) is 0.698. The van der Waals surface area contributed by atoms with E-state index in [2.05, 4.69) is 29.8 Å². The van der Waals surface area contributed by atoms with Crippen molar-refractivity contribution in [1.82, 2.24) is 9.88 Å². The Kier molecular flexibility index (Phi) is 4.91. The Hall–Kier alpha value is -0.600. The minimum Gasteiger partial charge on any atom is -0.295 e. The molecule has 0 aliphatic heterocycles. The smallest absolute Gasteiger partial charge is 0.0351 e. The van der Waals surface area contributed by atoms with Crippen LogP contribution in [-0.2, 0) is 6.54 Å². The number of pyridine rings is 1. The summed E-state index contributed by atoms with van der Waals surface area (Å²) in [7, 11) is 0. The highest BCUT2D eigenvalue weighted by atomic mass is 35.5. The molecular weight excluding hydrogens is 196 g/mol. The van der Waals surface area contributed by atoms with Gasteiger partial charge in [-0.1, -0.05) is 6.07 Å². The summed E-state index contributed by atoms with van der Waals surface area (Å²) in [6, 6.07) is 4.58. The molecule has 0 aliphatic carbocycles. The van der Waals surface area contributed by atoms with E-state index in [0.717, 1.165) is 13.1 Å². The Morgan fingerprint density at radius 3 is 2.79 bits per heavy atom. The molecule has 0 spiro atoms. The maximum atomic E-state index is 5.75. The van der Waals surface area contributed by atoms with E-state index >= 15 is 0 Å². The molecule has 1 rings (SSSR count). The summed E-state index contributed by atoms with van der Waals surface area (Å²) in [5.41, 5.74) is 1.24. The Bertz CT molecular complexity index is 249. The third kappa shape index (κ3) is 3.64. The second-order valence-corrected chi connectivity index (χ2v) is 3.99. The second kappa shape index (κ2) is 5.99. The van der Waals surface area contributed by atoms with E-state index in [0.29, 0.717) is 11.9 Å². The average Bonchev–Trinajstić information content (AvgIpc) is 2.18. The monoisotopic (exact) mass is 212 g/mol. The SMILES string of the molecule is CC(C)N(CCCl)Cc1cccnc1. The van der Waals surface area contributed by atoms with Crippen LogP contribution in [0.1, 0.15) is 19.4 Å². The first-order chi connectivity index (χ1) is 6.74.